The molecule has 0 aliphatic carbocycles. The standard InChI is InChI=1S/C23H24F2N4O/c1-22(2)19-17(9-13-30-22)27-20(28-19)18-16(15-6-4-3-5-7-15)8-11-26-21(18)29-12-10-23(24,25)14-29/h3-8,11H,9-10,12-14H2,1-2H3,(H,27,28). The van der Waals surface area contributed by atoms with Gasteiger partial charge in [0.1, 0.15) is 17.2 Å². The molecule has 0 spiro atoms. The summed E-state index contributed by atoms with van der Waals surface area (Å²) in [5, 5.41) is 0. The maximum Gasteiger partial charge on any atom is 0.266 e. The van der Waals surface area contributed by atoms with Crippen molar-refractivity contribution < 1.29 is 13.5 Å². The lowest BCUT2D eigenvalue weighted by molar-refractivity contribution is -0.0349. The number of H-pyrrole nitrogens is 1. The van der Waals surface area contributed by atoms with E-state index in [1.165, 1.54) is 0 Å². The first-order chi connectivity index (χ1) is 14.3. The first kappa shape index (κ1) is 19.2. The van der Waals surface area contributed by atoms with E-state index >= 15 is 0 Å². The second-order valence-corrected chi connectivity index (χ2v) is 8.47. The number of fused-ring (bicyclic) bond motifs is 1. The average molecular weight is 410 g/mol. The number of hydrogen-bond donors (Lipinski definition) is 1. The quantitative estimate of drug-likeness (QED) is 0.674. The van der Waals surface area contributed by atoms with E-state index in [1.54, 1.807) is 11.1 Å². The molecule has 0 saturated carbocycles. The molecule has 30 heavy (non-hydrogen) atoms. The molecule has 2 aliphatic heterocycles. The molecule has 1 aromatic carbocycles. The van der Waals surface area contributed by atoms with Crippen molar-refractivity contribution in [2.75, 3.05) is 24.6 Å². The fourth-order valence-corrected chi connectivity index (χ4v) is 4.38. The van der Waals surface area contributed by atoms with E-state index in [0.717, 1.165) is 28.1 Å². The fraction of sp³-hybridized carbons (Fsp3) is 0.391. The van der Waals surface area contributed by atoms with Crippen LogP contribution in [0.2, 0.25) is 0 Å². The predicted molar refractivity (Wildman–Crippen MR) is 112 cm³/mol. The van der Waals surface area contributed by atoms with Gasteiger partial charge in [0.2, 0.25) is 0 Å². The minimum atomic E-state index is -2.71. The number of halogens is 2. The van der Waals surface area contributed by atoms with E-state index in [1.807, 2.05) is 50.2 Å². The van der Waals surface area contributed by atoms with E-state index in [-0.39, 0.29) is 19.5 Å². The van der Waals surface area contributed by atoms with E-state index in [9.17, 15) is 8.78 Å². The summed E-state index contributed by atoms with van der Waals surface area (Å²) < 4.78 is 33.9. The summed E-state index contributed by atoms with van der Waals surface area (Å²) in [6.07, 6.45) is 2.24. The Hall–Kier alpha value is -2.80. The Morgan fingerprint density at radius 1 is 1.13 bits per heavy atom. The van der Waals surface area contributed by atoms with Crippen LogP contribution in [0.3, 0.4) is 0 Å². The zero-order valence-corrected chi connectivity index (χ0v) is 17.1. The lowest BCUT2D eigenvalue weighted by Crippen LogP contribution is -2.29. The Bertz CT molecular complexity index is 1080. The van der Waals surface area contributed by atoms with Gasteiger partial charge in [-0.1, -0.05) is 30.3 Å². The highest BCUT2D eigenvalue weighted by atomic mass is 19.3. The molecule has 3 aromatic rings. The van der Waals surface area contributed by atoms with Gasteiger partial charge >= 0.3 is 0 Å². The van der Waals surface area contributed by atoms with Gasteiger partial charge in [0, 0.05) is 25.6 Å². The fourth-order valence-electron chi connectivity index (χ4n) is 4.38. The Balaban J connectivity index is 1.71. The van der Waals surface area contributed by atoms with Crippen molar-refractivity contribution >= 4 is 5.82 Å². The summed E-state index contributed by atoms with van der Waals surface area (Å²) in [6.45, 7) is 4.56. The molecule has 0 bridgehead atoms. The number of aromatic nitrogens is 3. The third kappa shape index (κ3) is 3.27. The minimum absolute atomic E-state index is 0.167. The van der Waals surface area contributed by atoms with E-state index in [0.29, 0.717) is 24.7 Å². The van der Waals surface area contributed by atoms with Crippen LogP contribution in [0.4, 0.5) is 14.6 Å². The van der Waals surface area contributed by atoms with Crippen LogP contribution < -0.4 is 4.90 Å². The summed E-state index contributed by atoms with van der Waals surface area (Å²) >= 11 is 0. The van der Waals surface area contributed by atoms with Crippen molar-refractivity contribution in [2.24, 2.45) is 0 Å². The summed E-state index contributed by atoms with van der Waals surface area (Å²) in [5.74, 6) is -1.52. The van der Waals surface area contributed by atoms with Crippen LogP contribution in [0.25, 0.3) is 22.5 Å². The first-order valence-electron chi connectivity index (χ1n) is 10.2. The molecule has 156 valence electrons. The SMILES string of the molecule is CC1(C)OCCc2nc(-c3c(-c4ccccc4)ccnc3N3CCC(F)(F)C3)[nH]c21. The van der Waals surface area contributed by atoms with Crippen molar-refractivity contribution in [3.63, 3.8) is 0 Å². The number of imidazole rings is 1. The molecule has 5 nitrogen and oxygen atoms in total. The highest BCUT2D eigenvalue weighted by Crippen LogP contribution is 2.42. The Labute approximate surface area is 174 Å². The van der Waals surface area contributed by atoms with Crippen LogP contribution in [-0.2, 0) is 16.8 Å². The maximum absolute atomic E-state index is 14.0. The van der Waals surface area contributed by atoms with E-state index < -0.39 is 11.5 Å². The molecule has 2 aliphatic rings. The summed E-state index contributed by atoms with van der Waals surface area (Å²) in [4.78, 5) is 14.5. The number of rotatable bonds is 3. The van der Waals surface area contributed by atoms with Gasteiger partial charge in [0.05, 0.1) is 30.1 Å². The molecule has 0 atom stereocenters. The zero-order chi connectivity index (χ0) is 20.9. The molecule has 1 saturated heterocycles. The second-order valence-electron chi connectivity index (χ2n) is 8.47. The number of benzene rings is 1. The number of nitrogens with one attached hydrogen (secondary N) is 1. The smallest absolute Gasteiger partial charge is 0.266 e. The second kappa shape index (κ2) is 6.87. The Kier molecular flexibility index (Phi) is 4.39. The summed E-state index contributed by atoms with van der Waals surface area (Å²) in [6, 6.07) is 11.8. The number of pyridine rings is 1. The molecule has 1 N–H and O–H groups in total. The number of ether oxygens (including phenoxy) is 1. The van der Waals surface area contributed by atoms with Gasteiger partial charge in [0.25, 0.3) is 5.92 Å². The lowest BCUT2D eigenvalue weighted by Gasteiger charge is -2.29. The van der Waals surface area contributed by atoms with Crippen LogP contribution in [0, 0.1) is 0 Å². The van der Waals surface area contributed by atoms with Crippen LogP contribution >= 0.6 is 0 Å². The van der Waals surface area contributed by atoms with Crippen molar-refractivity contribution in [3.8, 4) is 22.5 Å². The normalized spacial score (nSPS) is 19.7. The van der Waals surface area contributed by atoms with Crippen molar-refractivity contribution in [1.29, 1.82) is 0 Å². The third-order valence-corrected chi connectivity index (χ3v) is 5.90. The Morgan fingerprint density at radius 3 is 2.63 bits per heavy atom. The van der Waals surface area contributed by atoms with Crippen LogP contribution in [0.1, 0.15) is 31.7 Å². The van der Waals surface area contributed by atoms with Crippen LogP contribution in [-0.4, -0.2) is 40.6 Å². The van der Waals surface area contributed by atoms with Crippen molar-refractivity contribution in [2.45, 2.75) is 38.2 Å². The lowest BCUT2D eigenvalue weighted by atomic mass is 9.99. The van der Waals surface area contributed by atoms with Crippen molar-refractivity contribution in [1.82, 2.24) is 15.0 Å². The minimum Gasteiger partial charge on any atom is -0.369 e. The van der Waals surface area contributed by atoms with E-state index in [4.69, 9.17) is 9.72 Å². The molecule has 4 heterocycles. The molecule has 0 unspecified atom stereocenters. The van der Waals surface area contributed by atoms with Gasteiger partial charge in [-0.25, -0.2) is 18.7 Å². The number of anilines is 1. The average Bonchev–Trinajstić information content (AvgIpc) is 3.32. The molecule has 0 radical (unpaired) electrons. The van der Waals surface area contributed by atoms with Crippen molar-refractivity contribution in [3.05, 3.63) is 54.0 Å². The number of nitrogens with zero attached hydrogens (tertiary/aromatic N) is 3. The number of alkyl halides is 2. The summed E-state index contributed by atoms with van der Waals surface area (Å²) in [5.41, 5.74) is 4.08. The first-order valence-corrected chi connectivity index (χ1v) is 10.2. The van der Waals surface area contributed by atoms with Crippen LogP contribution in [0.15, 0.2) is 42.6 Å². The topological polar surface area (TPSA) is 54.0 Å². The van der Waals surface area contributed by atoms with E-state index in [2.05, 4.69) is 9.97 Å². The number of aromatic amines is 1. The molecule has 1 fully saturated rings. The highest BCUT2D eigenvalue weighted by Gasteiger charge is 2.40. The predicted octanol–water partition coefficient (Wildman–Crippen LogP) is 4.79. The monoisotopic (exact) mass is 410 g/mol. The molecule has 0 amide bonds. The van der Waals surface area contributed by atoms with Crippen LogP contribution in [0.5, 0.6) is 0 Å². The van der Waals surface area contributed by atoms with Gasteiger partial charge in [-0.05, 0) is 31.0 Å². The highest BCUT2D eigenvalue weighted by molar-refractivity contribution is 5.88. The largest absolute Gasteiger partial charge is 0.369 e. The number of hydrogen-bond acceptors (Lipinski definition) is 4. The molecule has 2 aromatic heterocycles. The zero-order valence-electron chi connectivity index (χ0n) is 17.1. The third-order valence-electron chi connectivity index (χ3n) is 5.90. The molecule has 5 rings (SSSR count). The van der Waals surface area contributed by atoms with Gasteiger partial charge in [-0.2, -0.15) is 0 Å². The molecular weight excluding hydrogens is 386 g/mol. The van der Waals surface area contributed by atoms with Gasteiger partial charge in [-0.3, -0.25) is 0 Å². The maximum atomic E-state index is 14.0. The van der Waals surface area contributed by atoms with Gasteiger partial charge in [0.15, 0.2) is 0 Å². The summed E-state index contributed by atoms with van der Waals surface area (Å²) in [7, 11) is 0. The van der Waals surface area contributed by atoms with Gasteiger partial charge in [-0.15, -0.1) is 0 Å². The Morgan fingerprint density at radius 2 is 1.93 bits per heavy atom. The van der Waals surface area contributed by atoms with Gasteiger partial charge < -0.3 is 14.6 Å². The molecular formula is C23H24F2N4O. The molecule has 7 heteroatoms.